The van der Waals surface area contributed by atoms with Gasteiger partial charge in [0, 0.05) is 26.2 Å². The quantitative estimate of drug-likeness (QED) is 0.831. The van der Waals surface area contributed by atoms with E-state index in [0.717, 1.165) is 19.0 Å². The molecule has 1 aliphatic rings. The van der Waals surface area contributed by atoms with E-state index in [9.17, 15) is 0 Å². The van der Waals surface area contributed by atoms with Gasteiger partial charge in [-0.3, -0.25) is 0 Å². The molecular formula is C18H31N3. The van der Waals surface area contributed by atoms with Crippen molar-refractivity contribution in [3.63, 3.8) is 0 Å². The first-order chi connectivity index (χ1) is 10.1. The summed E-state index contributed by atoms with van der Waals surface area (Å²) < 4.78 is 0. The normalized spacial score (nSPS) is 21.1. The summed E-state index contributed by atoms with van der Waals surface area (Å²) in [6, 6.07) is 9.15. The second kappa shape index (κ2) is 7.92. The van der Waals surface area contributed by atoms with Gasteiger partial charge in [-0.15, -0.1) is 0 Å². The van der Waals surface area contributed by atoms with Crippen molar-refractivity contribution in [1.82, 2.24) is 15.1 Å². The third-order valence-corrected chi connectivity index (χ3v) is 4.57. The Labute approximate surface area is 130 Å². The van der Waals surface area contributed by atoms with E-state index in [4.69, 9.17) is 0 Å². The maximum absolute atomic E-state index is 3.24. The maximum atomic E-state index is 3.24. The molecule has 0 radical (unpaired) electrons. The summed E-state index contributed by atoms with van der Waals surface area (Å²) in [5, 5.41) is 3.24. The second-order valence-electron chi connectivity index (χ2n) is 6.81. The van der Waals surface area contributed by atoms with Crippen molar-refractivity contribution in [3.8, 4) is 0 Å². The van der Waals surface area contributed by atoms with Crippen molar-refractivity contribution < 1.29 is 0 Å². The van der Waals surface area contributed by atoms with Gasteiger partial charge in [0.15, 0.2) is 0 Å². The van der Waals surface area contributed by atoms with E-state index in [1.165, 1.54) is 37.2 Å². The Hall–Kier alpha value is -0.900. The van der Waals surface area contributed by atoms with E-state index < -0.39 is 0 Å². The first-order valence-corrected chi connectivity index (χ1v) is 8.19. The van der Waals surface area contributed by atoms with Crippen LogP contribution >= 0.6 is 0 Å². The molecule has 0 bridgehead atoms. The van der Waals surface area contributed by atoms with E-state index in [-0.39, 0.29) is 0 Å². The van der Waals surface area contributed by atoms with Crippen molar-refractivity contribution >= 4 is 0 Å². The fourth-order valence-corrected chi connectivity index (χ4v) is 3.37. The van der Waals surface area contributed by atoms with E-state index in [0.29, 0.717) is 5.92 Å². The van der Waals surface area contributed by atoms with Crippen LogP contribution in [0.15, 0.2) is 24.3 Å². The molecule has 21 heavy (non-hydrogen) atoms. The summed E-state index contributed by atoms with van der Waals surface area (Å²) in [6.07, 6.45) is 1.35. The summed E-state index contributed by atoms with van der Waals surface area (Å²) in [7, 11) is 6.49. The Bertz CT molecular complexity index is 415. The predicted octanol–water partition coefficient (Wildman–Crippen LogP) is 2.39. The van der Waals surface area contributed by atoms with Crippen LogP contribution in [0.25, 0.3) is 0 Å². The Morgan fingerprint density at radius 3 is 2.62 bits per heavy atom. The molecule has 1 fully saturated rings. The van der Waals surface area contributed by atoms with E-state index in [2.05, 4.69) is 60.4 Å². The third kappa shape index (κ3) is 5.10. The molecule has 1 aliphatic heterocycles. The molecule has 1 saturated heterocycles. The highest BCUT2D eigenvalue weighted by molar-refractivity contribution is 5.25. The standard InChI is InChI=1S/C18H31N3/c1-15(11-19-2)18-7-5-16(6-8-18)12-21(4)14-17-9-10-20(3)13-17/h5-8,15,17,19H,9-14H2,1-4H3. The summed E-state index contributed by atoms with van der Waals surface area (Å²) in [5.74, 6) is 1.42. The van der Waals surface area contributed by atoms with Crippen LogP contribution in [-0.2, 0) is 6.54 Å². The highest BCUT2D eigenvalue weighted by Gasteiger charge is 2.20. The zero-order valence-electron chi connectivity index (χ0n) is 14.1. The largest absolute Gasteiger partial charge is 0.319 e. The van der Waals surface area contributed by atoms with E-state index in [1.54, 1.807) is 0 Å². The van der Waals surface area contributed by atoms with Gasteiger partial charge in [-0.25, -0.2) is 0 Å². The van der Waals surface area contributed by atoms with E-state index >= 15 is 0 Å². The molecule has 3 heteroatoms. The summed E-state index contributed by atoms with van der Waals surface area (Å²) in [6.45, 7) is 8.09. The lowest BCUT2D eigenvalue weighted by Crippen LogP contribution is -2.27. The number of hydrogen-bond acceptors (Lipinski definition) is 3. The molecule has 0 saturated carbocycles. The SMILES string of the molecule is CNCC(C)c1ccc(CN(C)CC2CCN(C)C2)cc1. The van der Waals surface area contributed by atoms with Crippen molar-refractivity contribution in [1.29, 1.82) is 0 Å². The Morgan fingerprint density at radius 2 is 2.05 bits per heavy atom. The van der Waals surface area contributed by atoms with Crippen LogP contribution in [0.5, 0.6) is 0 Å². The lowest BCUT2D eigenvalue weighted by atomic mass is 9.99. The molecule has 1 aromatic rings. The minimum Gasteiger partial charge on any atom is -0.319 e. The van der Waals surface area contributed by atoms with Crippen LogP contribution in [-0.4, -0.2) is 57.1 Å². The number of nitrogens with zero attached hydrogens (tertiary/aromatic N) is 2. The number of rotatable bonds is 7. The number of likely N-dealkylation sites (tertiary alicyclic amines) is 1. The molecule has 2 rings (SSSR count). The average molecular weight is 289 g/mol. The summed E-state index contributed by atoms with van der Waals surface area (Å²) >= 11 is 0. The first-order valence-electron chi connectivity index (χ1n) is 8.19. The molecule has 118 valence electrons. The molecule has 1 heterocycles. The predicted molar refractivity (Wildman–Crippen MR) is 90.7 cm³/mol. The molecule has 2 unspecified atom stereocenters. The Kier molecular flexibility index (Phi) is 6.22. The van der Waals surface area contributed by atoms with Gasteiger partial charge in [0.1, 0.15) is 0 Å². The average Bonchev–Trinajstić information content (AvgIpc) is 2.85. The molecule has 3 nitrogen and oxygen atoms in total. The van der Waals surface area contributed by atoms with Gasteiger partial charge in [-0.2, -0.15) is 0 Å². The Morgan fingerprint density at radius 1 is 1.33 bits per heavy atom. The van der Waals surface area contributed by atoms with Crippen LogP contribution in [0.1, 0.15) is 30.4 Å². The third-order valence-electron chi connectivity index (χ3n) is 4.57. The van der Waals surface area contributed by atoms with Crippen LogP contribution in [0.3, 0.4) is 0 Å². The van der Waals surface area contributed by atoms with Crippen molar-refractivity contribution in [2.24, 2.45) is 5.92 Å². The monoisotopic (exact) mass is 289 g/mol. The highest BCUT2D eigenvalue weighted by Crippen LogP contribution is 2.18. The van der Waals surface area contributed by atoms with Crippen LogP contribution in [0.2, 0.25) is 0 Å². The minimum absolute atomic E-state index is 0.579. The number of nitrogens with one attached hydrogen (secondary N) is 1. The topological polar surface area (TPSA) is 18.5 Å². The van der Waals surface area contributed by atoms with Gasteiger partial charge in [0.2, 0.25) is 0 Å². The van der Waals surface area contributed by atoms with E-state index in [1.807, 2.05) is 7.05 Å². The second-order valence-corrected chi connectivity index (χ2v) is 6.81. The fourth-order valence-electron chi connectivity index (χ4n) is 3.37. The smallest absolute Gasteiger partial charge is 0.0230 e. The van der Waals surface area contributed by atoms with Crippen LogP contribution in [0, 0.1) is 5.92 Å². The lowest BCUT2D eigenvalue weighted by molar-refractivity contribution is 0.267. The number of hydrogen-bond donors (Lipinski definition) is 1. The number of benzene rings is 1. The fraction of sp³-hybridized carbons (Fsp3) is 0.667. The van der Waals surface area contributed by atoms with Gasteiger partial charge >= 0.3 is 0 Å². The maximum Gasteiger partial charge on any atom is 0.0230 e. The van der Waals surface area contributed by atoms with Gasteiger partial charge in [0.25, 0.3) is 0 Å². The molecule has 1 N–H and O–H groups in total. The van der Waals surface area contributed by atoms with Crippen LogP contribution < -0.4 is 5.32 Å². The summed E-state index contributed by atoms with van der Waals surface area (Å²) in [4.78, 5) is 4.91. The number of likely N-dealkylation sites (N-methyl/N-ethyl adjacent to an activating group) is 1. The zero-order chi connectivity index (χ0) is 15.2. The van der Waals surface area contributed by atoms with Gasteiger partial charge < -0.3 is 15.1 Å². The molecule has 0 spiro atoms. The molecule has 0 aliphatic carbocycles. The molecule has 0 aromatic heterocycles. The van der Waals surface area contributed by atoms with Gasteiger partial charge in [-0.05, 0) is 57.1 Å². The minimum atomic E-state index is 0.579. The van der Waals surface area contributed by atoms with Crippen molar-refractivity contribution in [2.45, 2.75) is 25.8 Å². The van der Waals surface area contributed by atoms with Gasteiger partial charge in [-0.1, -0.05) is 31.2 Å². The van der Waals surface area contributed by atoms with Crippen molar-refractivity contribution in [3.05, 3.63) is 35.4 Å². The van der Waals surface area contributed by atoms with Gasteiger partial charge in [0.05, 0.1) is 0 Å². The molecular weight excluding hydrogens is 258 g/mol. The zero-order valence-corrected chi connectivity index (χ0v) is 14.1. The highest BCUT2D eigenvalue weighted by atomic mass is 15.1. The summed E-state index contributed by atoms with van der Waals surface area (Å²) in [5.41, 5.74) is 2.84. The lowest BCUT2D eigenvalue weighted by Gasteiger charge is -2.21. The molecule has 2 atom stereocenters. The first kappa shape index (κ1) is 16.5. The van der Waals surface area contributed by atoms with Crippen LogP contribution in [0.4, 0.5) is 0 Å². The Balaban J connectivity index is 1.82. The van der Waals surface area contributed by atoms with Crippen molar-refractivity contribution in [2.75, 3.05) is 47.3 Å². The molecule has 0 amide bonds. The molecule has 1 aromatic carbocycles.